The zero-order valence-corrected chi connectivity index (χ0v) is 31.2. The molecule has 0 spiro atoms. The second kappa shape index (κ2) is 15.7. The van der Waals surface area contributed by atoms with Crippen molar-refractivity contribution in [2.24, 2.45) is 0 Å². The first-order valence-corrected chi connectivity index (χ1v) is 18.9. The van der Waals surface area contributed by atoms with Gasteiger partial charge in [0.25, 0.3) is 0 Å². The summed E-state index contributed by atoms with van der Waals surface area (Å²) in [6, 6.07) is 26.5. The maximum atomic E-state index is 15.2. The van der Waals surface area contributed by atoms with E-state index in [1.807, 2.05) is 60.7 Å². The number of aromatic nitrogens is 5. The molecule has 7 aromatic rings. The average molecular weight is 771 g/mol. The molecule has 2 amide bonds. The first-order chi connectivity index (χ1) is 27.2. The Hall–Kier alpha value is -6.54. The van der Waals surface area contributed by atoms with Crippen molar-refractivity contribution in [3.8, 4) is 32.8 Å². The van der Waals surface area contributed by atoms with Crippen LogP contribution in [0.1, 0.15) is 42.5 Å². The number of halogens is 2. The highest BCUT2D eigenvalue weighted by Gasteiger charge is 2.30. The van der Waals surface area contributed by atoms with Crippen molar-refractivity contribution in [2.75, 3.05) is 18.5 Å². The van der Waals surface area contributed by atoms with Crippen LogP contribution in [-0.2, 0) is 16.1 Å². The lowest BCUT2D eigenvalue weighted by Crippen LogP contribution is -2.45. The van der Waals surface area contributed by atoms with E-state index in [0.717, 1.165) is 38.5 Å². The summed E-state index contributed by atoms with van der Waals surface area (Å²) >= 11 is 1.32. The number of fused-ring (bicyclic) bond motifs is 4. The van der Waals surface area contributed by atoms with Gasteiger partial charge in [0.15, 0.2) is 5.82 Å². The molecule has 1 aliphatic rings. The van der Waals surface area contributed by atoms with Crippen LogP contribution in [-0.4, -0.2) is 56.2 Å². The molecule has 4 aromatic carbocycles. The smallest absolute Gasteiger partial charge is 0.407 e. The fourth-order valence-corrected chi connectivity index (χ4v) is 8.27. The lowest BCUT2D eigenvalue weighted by atomic mass is 9.94. The number of amides is 2. The monoisotopic (exact) mass is 770 g/mol. The van der Waals surface area contributed by atoms with Crippen LogP contribution in [0.5, 0.6) is 0 Å². The Bertz CT molecular complexity index is 2520. The minimum atomic E-state index is -0.926. The highest BCUT2D eigenvalue weighted by molar-refractivity contribution is 7.22. The first kappa shape index (κ1) is 36.4. The van der Waals surface area contributed by atoms with Gasteiger partial charge in [0.1, 0.15) is 24.2 Å². The topological polar surface area (TPSA) is 136 Å². The zero-order chi connectivity index (χ0) is 38.8. The number of anilines is 1. The molecule has 3 N–H and O–H groups in total. The summed E-state index contributed by atoms with van der Waals surface area (Å²) in [5.74, 6) is -1.33. The zero-order valence-electron chi connectivity index (χ0n) is 30.4. The maximum absolute atomic E-state index is 15.2. The van der Waals surface area contributed by atoms with E-state index in [1.54, 1.807) is 37.0 Å². The van der Waals surface area contributed by atoms with Crippen LogP contribution in [0, 0.1) is 11.6 Å². The molecule has 3 heterocycles. The summed E-state index contributed by atoms with van der Waals surface area (Å²) in [5, 5.41) is 17.2. The van der Waals surface area contributed by atoms with Crippen molar-refractivity contribution in [1.29, 1.82) is 0 Å². The lowest BCUT2D eigenvalue weighted by molar-refractivity contribution is -0.123. The third-order valence-electron chi connectivity index (χ3n) is 9.82. The number of nitrogens with one attached hydrogen (secondary N) is 3. The number of rotatable bonds is 12. The van der Waals surface area contributed by atoms with Gasteiger partial charge in [-0.1, -0.05) is 78.0 Å². The number of nitrogens with zero attached hydrogens (tertiary/aromatic N) is 5. The fraction of sp³-hybridized carbons (Fsp3) is 0.190. The van der Waals surface area contributed by atoms with Crippen molar-refractivity contribution in [3.05, 3.63) is 138 Å². The summed E-state index contributed by atoms with van der Waals surface area (Å²) in [7, 11) is 0. The van der Waals surface area contributed by atoms with Gasteiger partial charge in [-0.25, -0.2) is 23.5 Å². The van der Waals surface area contributed by atoms with E-state index in [1.165, 1.54) is 23.5 Å². The largest absolute Gasteiger partial charge is 0.449 e. The van der Waals surface area contributed by atoms with Gasteiger partial charge in [0, 0.05) is 23.4 Å². The van der Waals surface area contributed by atoms with Gasteiger partial charge < -0.3 is 20.7 Å². The molecule has 282 valence electrons. The number of benzene rings is 4. The van der Waals surface area contributed by atoms with Gasteiger partial charge in [0.05, 0.1) is 29.9 Å². The fourth-order valence-electron chi connectivity index (χ4n) is 7.09. The van der Waals surface area contributed by atoms with Gasteiger partial charge in [-0.3, -0.25) is 9.48 Å². The normalized spacial score (nSPS) is 13.1. The molecular formula is C42H36F2N8O3S. The van der Waals surface area contributed by atoms with Gasteiger partial charge in [0.2, 0.25) is 11.9 Å². The maximum Gasteiger partial charge on any atom is 0.407 e. The predicted octanol–water partition coefficient (Wildman–Crippen LogP) is 8.11. The van der Waals surface area contributed by atoms with E-state index in [0.29, 0.717) is 34.7 Å². The van der Waals surface area contributed by atoms with Crippen LogP contribution >= 0.6 is 11.3 Å². The summed E-state index contributed by atoms with van der Waals surface area (Å²) in [5.41, 5.74) is 6.47. The van der Waals surface area contributed by atoms with Crippen LogP contribution in [0.2, 0.25) is 0 Å². The van der Waals surface area contributed by atoms with Crippen molar-refractivity contribution < 1.29 is 23.1 Å². The first-order valence-electron chi connectivity index (χ1n) is 18.1. The van der Waals surface area contributed by atoms with Crippen molar-refractivity contribution in [1.82, 2.24) is 35.6 Å². The van der Waals surface area contributed by atoms with Crippen molar-refractivity contribution in [3.63, 3.8) is 0 Å². The Kier molecular flexibility index (Phi) is 10.2. The summed E-state index contributed by atoms with van der Waals surface area (Å²) in [4.78, 5) is 35.5. The van der Waals surface area contributed by atoms with Gasteiger partial charge in [-0.15, -0.1) is 16.4 Å². The third kappa shape index (κ3) is 7.43. The Morgan fingerprint density at radius 2 is 1.64 bits per heavy atom. The van der Waals surface area contributed by atoms with E-state index in [-0.39, 0.29) is 24.2 Å². The van der Waals surface area contributed by atoms with Crippen LogP contribution < -0.4 is 16.0 Å². The van der Waals surface area contributed by atoms with E-state index in [9.17, 15) is 14.0 Å². The van der Waals surface area contributed by atoms with Gasteiger partial charge in [-0.2, -0.15) is 0 Å². The minimum Gasteiger partial charge on any atom is -0.449 e. The second-order valence-electron chi connectivity index (χ2n) is 13.5. The highest BCUT2D eigenvalue weighted by atomic mass is 32.1. The summed E-state index contributed by atoms with van der Waals surface area (Å²) in [6.07, 6.45) is 3.74. The molecule has 2 atom stereocenters. The molecule has 2 unspecified atom stereocenters. The Morgan fingerprint density at radius 3 is 2.39 bits per heavy atom. The minimum absolute atomic E-state index is 0.116. The summed E-state index contributed by atoms with van der Waals surface area (Å²) in [6.45, 7) is 4.46. The molecule has 0 aliphatic heterocycles. The molecular weight excluding hydrogens is 735 g/mol. The predicted molar refractivity (Wildman–Crippen MR) is 211 cm³/mol. The molecule has 3 aromatic heterocycles. The molecule has 0 fully saturated rings. The molecule has 0 saturated carbocycles. The number of alkyl carbamates (subject to hydrolysis) is 1. The third-order valence-corrected chi connectivity index (χ3v) is 11.0. The number of hydrogen-bond acceptors (Lipinski definition) is 9. The van der Waals surface area contributed by atoms with E-state index < -0.39 is 35.7 Å². The SMILES string of the molecule is CC(NC(=O)OCC1c2ccccc2-c2ccccc21)C(=O)NC(C)c1ccc(F)cc1-c1cccc2cc(-c3nc(NCCn4ccnn4)ncc3F)sc12. The number of ether oxygens (including phenoxy) is 1. The molecule has 1 aliphatic carbocycles. The van der Waals surface area contributed by atoms with Crippen molar-refractivity contribution >= 4 is 39.4 Å². The number of carbonyl (C=O) groups is 2. The molecule has 0 radical (unpaired) electrons. The van der Waals surface area contributed by atoms with Crippen LogP contribution in [0.4, 0.5) is 19.5 Å². The lowest BCUT2D eigenvalue weighted by Gasteiger charge is -2.22. The second-order valence-corrected chi connectivity index (χ2v) is 14.5. The molecule has 11 nitrogen and oxygen atoms in total. The van der Waals surface area contributed by atoms with E-state index >= 15 is 4.39 Å². The average Bonchev–Trinajstić information content (AvgIpc) is 3.96. The Morgan fingerprint density at radius 1 is 0.893 bits per heavy atom. The van der Waals surface area contributed by atoms with Crippen LogP contribution in [0.3, 0.4) is 0 Å². The van der Waals surface area contributed by atoms with E-state index in [4.69, 9.17) is 4.74 Å². The molecule has 56 heavy (non-hydrogen) atoms. The number of thiophene rings is 1. The van der Waals surface area contributed by atoms with Gasteiger partial charge in [-0.05, 0) is 76.4 Å². The Balaban J connectivity index is 0.957. The standard InChI is InChI=1S/C42H36F2N8O3S/c1-24(48-40(53)25(2)49-42(54)55-23-35-31-11-5-3-9-29(31)30-10-4-6-12-32(30)35)28-15-14-27(43)21-34(28)33-13-7-8-26-20-37(56-39(26)33)38-36(44)22-46-41(50-38)45-16-18-52-19-17-47-51-52/h3-15,17,19-22,24-25,35H,16,18,23H2,1-2H3,(H,48,53)(H,49,54)(H,45,46,50). The highest BCUT2D eigenvalue weighted by Crippen LogP contribution is 2.45. The molecule has 14 heteroatoms. The molecule has 0 saturated heterocycles. The number of hydrogen-bond donors (Lipinski definition) is 3. The van der Waals surface area contributed by atoms with E-state index in [2.05, 4.69) is 48.4 Å². The van der Waals surface area contributed by atoms with Crippen molar-refractivity contribution in [2.45, 2.75) is 38.4 Å². The number of carbonyl (C=O) groups excluding carboxylic acids is 2. The van der Waals surface area contributed by atoms with Crippen LogP contribution in [0.15, 0.2) is 110 Å². The molecule has 8 rings (SSSR count). The molecule has 0 bridgehead atoms. The summed E-state index contributed by atoms with van der Waals surface area (Å²) < 4.78 is 38.2. The van der Waals surface area contributed by atoms with Crippen LogP contribution in [0.25, 0.3) is 42.9 Å². The van der Waals surface area contributed by atoms with Gasteiger partial charge >= 0.3 is 6.09 Å². The Labute approximate surface area is 324 Å². The quantitative estimate of drug-likeness (QED) is 0.113.